The SMILES string of the molecule is C=C1CCC(Cc2ccc(Cc3ccc(Cc4ccc(CC)cc4)cc3)nc2)CC1. The number of pyridine rings is 1. The fourth-order valence-corrected chi connectivity index (χ4v) is 4.42. The molecule has 0 saturated heterocycles. The van der Waals surface area contributed by atoms with Crippen LogP contribution in [0.25, 0.3) is 0 Å². The average Bonchev–Trinajstić information content (AvgIpc) is 2.78. The van der Waals surface area contributed by atoms with Crippen molar-refractivity contribution in [3.8, 4) is 0 Å². The third-order valence-electron chi connectivity index (χ3n) is 6.47. The molecule has 0 amide bonds. The Morgan fingerprint density at radius 1 is 0.733 bits per heavy atom. The molecule has 3 aromatic rings. The lowest BCUT2D eigenvalue weighted by Crippen LogP contribution is -2.10. The number of aromatic nitrogens is 1. The minimum absolute atomic E-state index is 0.800. The average molecular weight is 396 g/mol. The zero-order valence-corrected chi connectivity index (χ0v) is 18.2. The maximum atomic E-state index is 4.74. The monoisotopic (exact) mass is 395 g/mol. The smallest absolute Gasteiger partial charge is 0.0447 e. The highest BCUT2D eigenvalue weighted by atomic mass is 14.7. The lowest BCUT2D eigenvalue weighted by Gasteiger charge is -2.23. The fraction of sp³-hybridized carbons (Fsp3) is 0.345. The van der Waals surface area contributed by atoms with Crippen LogP contribution in [-0.4, -0.2) is 4.98 Å². The molecule has 1 nitrogen and oxygen atoms in total. The Balaban J connectivity index is 1.31. The van der Waals surface area contributed by atoms with Gasteiger partial charge in [-0.15, -0.1) is 0 Å². The van der Waals surface area contributed by atoms with Gasteiger partial charge in [0.05, 0.1) is 0 Å². The highest BCUT2D eigenvalue weighted by molar-refractivity contribution is 5.32. The second kappa shape index (κ2) is 9.89. The van der Waals surface area contributed by atoms with Crippen molar-refractivity contribution < 1.29 is 0 Å². The normalized spacial score (nSPS) is 14.8. The Kier molecular flexibility index (Phi) is 6.79. The van der Waals surface area contributed by atoms with E-state index in [4.69, 9.17) is 4.98 Å². The van der Waals surface area contributed by atoms with Crippen molar-refractivity contribution >= 4 is 0 Å². The van der Waals surface area contributed by atoms with Crippen LogP contribution in [0.5, 0.6) is 0 Å². The van der Waals surface area contributed by atoms with Crippen molar-refractivity contribution in [2.24, 2.45) is 5.92 Å². The fourth-order valence-electron chi connectivity index (χ4n) is 4.42. The van der Waals surface area contributed by atoms with Gasteiger partial charge in [0.2, 0.25) is 0 Å². The summed E-state index contributed by atoms with van der Waals surface area (Å²) in [6.07, 6.45) is 11.2. The summed E-state index contributed by atoms with van der Waals surface area (Å²) >= 11 is 0. The molecule has 0 spiro atoms. The molecule has 1 heteroatoms. The first-order valence-corrected chi connectivity index (χ1v) is 11.4. The first-order chi connectivity index (χ1) is 14.7. The topological polar surface area (TPSA) is 12.9 Å². The summed E-state index contributed by atoms with van der Waals surface area (Å²) in [7, 11) is 0. The van der Waals surface area contributed by atoms with Gasteiger partial charge in [0.1, 0.15) is 0 Å². The molecule has 30 heavy (non-hydrogen) atoms. The lowest BCUT2D eigenvalue weighted by atomic mass is 9.83. The molecule has 4 rings (SSSR count). The molecule has 1 aliphatic carbocycles. The van der Waals surface area contributed by atoms with E-state index in [0.29, 0.717) is 0 Å². The Morgan fingerprint density at radius 2 is 1.27 bits per heavy atom. The molecule has 0 aliphatic heterocycles. The van der Waals surface area contributed by atoms with Crippen molar-refractivity contribution in [2.75, 3.05) is 0 Å². The summed E-state index contributed by atoms with van der Waals surface area (Å²) in [5.41, 5.74) is 9.42. The van der Waals surface area contributed by atoms with E-state index in [0.717, 1.165) is 37.3 Å². The second-order valence-electron chi connectivity index (χ2n) is 8.90. The van der Waals surface area contributed by atoms with Crippen molar-refractivity contribution in [1.29, 1.82) is 0 Å². The van der Waals surface area contributed by atoms with E-state index >= 15 is 0 Å². The zero-order valence-electron chi connectivity index (χ0n) is 18.2. The van der Waals surface area contributed by atoms with Crippen LogP contribution in [-0.2, 0) is 25.7 Å². The van der Waals surface area contributed by atoms with Gasteiger partial charge in [0.25, 0.3) is 0 Å². The maximum absolute atomic E-state index is 4.74. The van der Waals surface area contributed by atoms with E-state index in [2.05, 4.69) is 80.4 Å². The van der Waals surface area contributed by atoms with Crippen molar-refractivity contribution in [1.82, 2.24) is 4.98 Å². The molecule has 154 valence electrons. The number of allylic oxidation sites excluding steroid dienone is 1. The molecule has 1 heterocycles. The van der Waals surface area contributed by atoms with Crippen LogP contribution in [0.3, 0.4) is 0 Å². The molecule has 0 atom stereocenters. The summed E-state index contributed by atoms with van der Waals surface area (Å²) in [6.45, 7) is 6.33. The van der Waals surface area contributed by atoms with Gasteiger partial charge >= 0.3 is 0 Å². The summed E-state index contributed by atoms with van der Waals surface area (Å²) in [6, 6.07) is 22.5. The van der Waals surface area contributed by atoms with Gasteiger partial charge in [-0.05, 0) is 84.7 Å². The van der Waals surface area contributed by atoms with Crippen LogP contribution >= 0.6 is 0 Å². The minimum Gasteiger partial charge on any atom is -0.261 e. The van der Waals surface area contributed by atoms with Crippen molar-refractivity contribution in [3.63, 3.8) is 0 Å². The second-order valence-corrected chi connectivity index (χ2v) is 8.90. The number of nitrogens with zero attached hydrogens (tertiary/aromatic N) is 1. The molecule has 0 radical (unpaired) electrons. The number of rotatable bonds is 7. The molecule has 1 fully saturated rings. The number of hydrogen-bond acceptors (Lipinski definition) is 1. The third kappa shape index (κ3) is 5.69. The van der Waals surface area contributed by atoms with Gasteiger partial charge in [-0.25, -0.2) is 0 Å². The molecule has 0 N–H and O–H groups in total. The van der Waals surface area contributed by atoms with Gasteiger partial charge in [-0.2, -0.15) is 0 Å². The van der Waals surface area contributed by atoms with Crippen LogP contribution in [0.1, 0.15) is 66.1 Å². The Bertz CT molecular complexity index is 939. The predicted octanol–water partition coefficient (Wildman–Crippen LogP) is 7.11. The quantitative estimate of drug-likeness (QED) is 0.388. The van der Waals surface area contributed by atoms with Gasteiger partial charge in [-0.3, -0.25) is 4.98 Å². The Hall–Kier alpha value is -2.67. The Labute approximate surface area is 181 Å². The van der Waals surface area contributed by atoms with Gasteiger partial charge in [0, 0.05) is 18.3 Å². The summed E-state index contributed by atoms with van der Waals surface area (Å²) in [4.78, 5) is 4.74. The standard InChI is InChI=1S/C29H33N/c1-3-23-8-10-25(11-9-23)18-26-12-14-27(15-13-26)20-29-17-16-28(21-30-29)19-24-6-4-22(2)5-7-24/h8-17,21,24H,2-7,18-20H2,1H3. The molecule has 0 bridgehead atoms. The molecule has 2 aromatic carbocycles. The molecular formula is C29H33N. The molecule has 1 aliphatic rings. The molecule has 0 unspecified atom stereocenters. The van der Waals surface area contributed by atoms with E-state index in [1.165, 1.54) is 59.1 Å². The van der Waals surface area contributed by atoms with Gasteiger partial charge in [0.15, 0.2) is 0 Å². The van der Waals surface area contributed by atoms with Crippen LogP contribution in [0.15, 0.2) is 79.0 Å². The molecular weight excluding hydrogens is 362 g/mol. The highest BCUT2D eigenvalue weighted by Gasteiger charge is 2.16. The van der Waals surface area contributed by atoms with Gasteiger partial charge in [-0.1, -0.05) is 73.7 Å². The van der Waals surface area contributed by atoms with Crippen molar-refractivity contribution in [3.05, 3.63) is 113 Å². The van der Waals surface area contributed by atoms with Crippen LogP contribution in [0.4, 0.5) is 0 Å². The van der Waals surface area contributed by atoms with E-state index in [1.54, 1.807) is 0 Å². The predicted molar refractivity (Wildman–Crippen MR) is 127 cm³/mol. The minimum atomic E-state index is 0.800. The van der Waals surface area contributed by atoms with E-state index in [9.17, 15) is 0 Å². The van der Waals surface area contributed by atoms with Crippen LogP contribution < -0.4 is 0 Å². The first-order valence-electron chi connectivity index (χ1n) is 11.4. The Morgan fingerprint density at radius 3 is 1.80 bits per heavy atom. The summed E-state index contributed by atoms with van der Waals surface area (Å²) in [5.74, 6) is 0.800. The third-order valence-corrected chi connectivity index (χ3v) is 6.47. The van der Waals surface area contributed by atoms with E-state index < -0.39 is 0 Å². The van der Waals surface area contributed by atoms with Crippen LogP contribution in [0, 0.1) is 5.92 Å². The molecule has 1 saturated carbocycles. The summed E-state index contributed by atoms with van der Waals surface area (Å²) in [5, 5.41) is 0. The number of aryl methyl sites for hydroxylation is 1. The highest BCUT2D eigenvalue weighted by Crippen LogP contribution is 2.29. The van der Waals surface area contributed by atoms with Crippen LogP contribution in [0.2, 0.25) is 0 Å². The maximum Gasteiger partial charge on any atom is 0.0447 e. The first kappa shape index (κ1) is 20.6. The molecule has 1 aromatic heterocycles. The summed E-state index contributed by atoms with van der Waals surface area (Å²) < 4.78 is 0. The van der Waals surface area contributed by atoms with Gasteiger partial charge < -0.3 is 0 Å². The van der Waals surface area contributed by atoms with E-state index in [1.807, 2.05) is 0 Å². The zero-order chi connectivity index (χ0) is 20.8. The van der Waals surface area contributed by atoms with E-state index in [-0.39, 0.29) is 0 Å². The number of hydrogen-bond donors (Lipinski definition) is 0. The van der Waals surface area contributed by atoms with Crippen molar-refractivity contribution in [2.45, 2.75) is 58.3 Å². The lowest BCUT2D eigenvalue weighted by molar-refractivity contribution is 0.407. The number of benzene rings is 2. The largest absolute Gasteiger partial charge is 0.261 e.